The van der Waals surface area contributed by atoms with Gasteiger partial charge in [0.15, 0.2) is 5.78 Å². The Morgan fingerprint density at radius 3 is 2.63 bits per heavy atom. The first kappa shape index (κ1) is 16.0. The fourth-order valence-electron chi connectivity index (χ4n) is 1.62. The first-order chi connectivity index (χ1) is 9.04. The standard InChI is InChI=1S/C16H18Cl2O/c1-3-4-5-6-12(2)16(19)10-8-13-7-9-14(17)15(18)11-13/h7-11H,2-6H2,1H3/b10-8-. The summed E-state index contributed by atoms with van der Waals surface area (Å²) < 4.78 is 0. The normalized spacial score (nSPS) is 10.9. The van der Waals surface area contributed by atoms with E-state index in [1.807, 2.05) is 6.07 Å². The maximum Gasteiger partial charge on any atom is 0.181 e. The number of rotatable bonds is 7. The third kappa shape index (κ3) is 5.63. The lowest BCUT2D eigenvalue weighted by atomic mass is 10.0. The Hall–Kier alpha value is -1.05. The summed E-state index contributed by atoms with van der Waals surface area (Å²) in [6.45, 7) is 5.96. The molecule has 1 aromatic rings. The summed E-state index contributed by atoms with van der Waals surface area (Å²) in [4.78, 5) is 11.8. The lowest BCUT2D eigenvalue weighted by Crippen LogP contribution is -1.96. The quantitative estimate of drug-likeness (QED) is 0.465. The molecule has 0 amide bonds. The van der Waals surface area contributed by atoms with Gasteiger partial charge in [-0.25, -0.2) is 0 Å². The summed E-state index contributed by atoms with van der Waals surface area (Å²) in [5, 5.41) is 0.993. The topological polar surface area (TPSA) is 17.1 Å². The average Bonchev–Trinajstić information content (AvgIpc) is 2.40. The van der Waals surface area contributed by atoms with Crippen LogP contribution < -0.4 is 0 Å². The highest BCUT2D eigenvalue weighted by atomic mass is 35.5. The molecule has 0 saturated heterocycles. The third-order valence-corrected chi connectivity index (χ3v) is 3.54. The Bertz CT molecular complexity index is 490. The van der Waals surface area contributed by atoms with Crippen LogP contribution in [0.1, 0.15) is 38.2 Å². The summed E-state index contributed by atoms with van der Waals surface area (Å²) in [6.07, 6.45) is 7.31. The molecular formula is C16H18Cl2O. The summed E-state index contributed by atoms with van der Waals surface area (Å²) in [6, 6.07) is 5.26. The minimum Gasteiger partial charge on any atom is -0.290 e. The first-order valence-corrected chi connectivity index (χ1v) is 7.15. The Kier molecular flexibility index (Phi) is 6.90. The largest absolute Gasteiger partial charge is 0.290 e. The Morgan fingerprint density at radius 1 is 1.26 bits per heavy atom. The van der Waals surface area contributed by atoms with E-state index in [0.717, 1.165) is 31.2 Å². The first-order valence-electron chi connectivity index (χ1n) is 6.40. The van der Waals surface area contributed by atoms with Gasteiger partial charge in [0.05, 0.1) is 10.0 Å². The fraction of sp³-hybridized carbons (Fsp3) is 0.312. The number of carbonyl (C=O) groups is 1. The van der Waals surface area contributed by atoms with Crippen molar-refractivity contribution < 1.29 is 4.79 Å². The maximum absolute atomic E-state index is 11.8. The molecule has 1 nitrogen and oxygen atoms in total. The van der Waals surface area contributed by atoms with Gasteiger partial charge in [0.25, 0.3) is 0 Å². The fourth-order valence-corrected chi connectivity index (χ4v) is 1.92. The van der Waals surface area contributed by atoms with Gasteiger partial charge in [0, 0.05) is 0 Å². The van der Waals surface area contributed by atoms with E-state index in [2.05, 4.69) is 13.5 Å². The molecule has 0 unspecified atom stereocenters. The maximum atomic E-state index is 11.8. The number of hydrogen-bond acceptors (Lipinski definition) is 1. The van der Waals surface area contributed by atoms with E-state index in [9.17, 15) is 4.79 Å². The SMILES string of the molecule is C=C(CCCCC)C(=O)/C=C\c1ccc(Cl)c(Cl)c1. The van der Waals surface area contributed by atoms with E-state index in [4.69, 9.17) is 23.2 Å². The van der Waals surface area contributed by atoms with Crippen molar-refractivity contribution in [3.8, 4) is 0 Å². The van der Waals surface area contributed by atoms with Crippen LogP contribution in [0.3, 0.4) is 0 Å². The van der Waals surface area contributed by atoms with Crippen molar-refractivity contribution in [1.29, 1.82) is 0 Å². The van der Waals surface area contributed by atoms with Crippen LogP contribution in [-0.4, -0.2) is 5.78 Å². The molecule has 0 atom stereocenters. The van der Waals surface area contributed by atoms with Gasteiger partial charge < -0.3 is 0 Å². The molecule has 0 spiro atoms. The Labute approximate surface area is 124 Å². The molecule has 1 rings (SSSR count). The van der Waals surface area contributed by atoms with Crippen LogP contribution in [0.5, 0.6) is 0 Å². The summed E-state index contributed by atoms with van der Waals surface area (Å²) in [5.41, 5.74) is 1.51. The molecule has 0 aromatic heterocycles. The molecule has 0 bridgehead atoms. The highest BCUT2D eigenvalue weighted by Gasteiger charge is 2.03. The molecule has 0 aliphatic heterocycles. The molecule has 3 heteroatoms. The molecule has 0 saturated carbocycles. The van der Waals surface area contributed by atoms with Crippen molar-refractivity contribution in [3.05, 3.63) is 52.0 Å². The summed E-state index contributed by atoms with van der Waals surface area (Å²) in [5.74, 6) is -0.0258. The molecule has 1 aromatic carbocycles. The van der Waals surface area contributed by atoms with Gasteiger partial charge in [-0.1, -0.05) is 61.7 Å². The molecule has 0 N–H and O–H groups in total. The molecule has 0 fully saturated rings. The zero-order valence-corrected chi connectivity index (χ0v) is 12.6. The van der Waals surface area contributed by atoms with Crippen LogP contribution >= 0.6 is 23.2 Å². The molecular weight excluding hydrogens is 279 g/mol. The predicted octanol–water partition coefficient (Wildman–Crippen LogP) is 5.71. The second kappa shape index (κ2) is 8.19. The van der Waals surface area contributed by atoms with Gasteiger partial charge >= 0.3 is 0 Å². The molecule has 0 aliphatic carbocycles. The lowest BCUT2D eigenvalue weighted by Gasteiger charge is -2.01. The summed E-state index contributed by atoms with van der Waals surface area (Å²) >= 11 is 11.7. The van der Waals surface area contributed by atoms with E-state index in [0.29, 0.717) is 15.6 Å². The van der Waals surface area contributed by atoms with E-state index >= 15 is 0 Å². The molecule has 0 aliphatic rings. The predicted molar refractivity (Wildman–Crippen MR) is 83.8 cm³/mol. The zero-order valence-electron chi connectivity index (χ0n) is 11.1. The second-order valence-corrected chi connectivity index (χ2v) is 5.25. The number of ketones is 1. The van der Waals surface area contributed by atoms with Crippen molar-refractivity contribution in [2.24, 2.45) is 0 Å². The van der Waals surface area contributed by atoms with Crippen molar-refractivity contribution >= 4 is 35.1 Å². The van der Waals surface area contributed by atoms with Crippen LogP contribution in [0.4, 0.5) is 0 Å². The zero-order chi connectivity index (χ0) is 14.3. The number of unbranched alkanes of at least 4 members (excludes halogenated alkanes) is 2. The van der Waals surface area contributed by atoms with Gasteiger partial charge in [-0.05, 0) is 42.2 Å². The molecule has 19 heavy (non-hydrogen) atoms. The van der Waals surface area contributed by atoms with Gasteiger partial charge in [0.2, 0.25) is 0 Å². The highest BCUT2D eigenvalue weighted by Crippen LogP contribution is 2.23. The monoisotopic (exact) mass is 296 g/mol. The smallest absolute Gasteiger partial charge is 0.181 e. The van der Waals surface area contributed by atoms with Crippen molar-refractivity contribution in [2.75, 3.05) is 0 Å². The highest BCUT2D eigenvalue weighted by molar-refractivity contribution is 6.42. The van der Waals surface area contributed by atoms with E-state index in [-0.39, 0.29) is 5.78 Å². The number of hydrogen-bond donors (Lipinski definition) is 0. The van der Waals surface area contributed by atoms with E-state index < -0.39 is 0 Å². The van der Waals surface area contributed by atoms with Crippen LogP contribution in [-0.2, 0) is 4.79 Å². The van der Waals surface area contributed by atoms with Crippen LogP contribution in [0.25, 0.3) is 6.08 Å². The number of carbonyl (C=O) groups excluding carboxylic acids is 1. The van der Waals surface area contributed by atoms with E-state index in [1.54, 1.807) is 18.2 Å². The minimum absolute atomic E-state index is 0.0258. The van der Waals surface area contributed by atoms with Gasteiger partial charge in [-0.3, -0.25) is 4.79 Å². The Morgan fingerprint density at radius 2 is 2.00 bits per heavy atom. The van der Waals surface area contributed by atoms with Crippen molar-refractivity contribution in [3.63, 3.8) is 0 Å². The summed E-state index contributed by atoms with van der Waals surface area (Å²) in [7, 11) is 0. The van der Waals surface area contributed by atoms with E-state index in [1.165, 1.54) is 6.08 Å². The van der Waals surface area contributed by atoms with Gasteiger partial charge in [-0.2, -0.15) is 0 Å². The van der Waals surface area contributed by atoms with Crippen LogP contribution in [0.2, 0.25) is 10.0 Å². The average molecular weight is 297 g/mol. The van der Waals surface area contributed by atoms with Gasteiger partial charge in [-0.15, -0.1) is 0 Å². The van der Waals surface area contributed by atoms with Crippen LogP contribution in [0, 0.1) is 0 Å². The molecule has 102 valence electrons. The number of allylic oxidation sites excluding steroid dienone is 2. The van der Waals surface area contributed by atoms with Crippen molar-refractivity contribution in [2.45, 2.75) is 32.6 Å². The number of benzene rings is 1. The molecule has 0 radical (unpaired) electrons. The number of halogens is 2. The minimum atomic E-state index is -0.0258. The lowest BCUT2D eigenvalue weighted by molar-refractivity contribution is -0.111. The Balaban J connectivity index is 2.57. The second-order valence-electron chi connectivity index (χ2n) is 4.43. The van der Waals surface area contributed by atoms with Crippen LogP contribution in [0.15, 0.2) is 36.4 Å². The third-order valence-electron chi connectivity index (χ3n) is 2.80. The van der Waals surface area contributed by atoms with Gasteiger partial charge in [0.1, 0.15) is 0 Å². The molecule has 0 heterocycles. The van der Waals surface area contributed by atoms with Crippen molar-refractivity contribution in [1.82, 2.24) is 0 Å².